The zero-order chi connectivity index (χ0) is 18.4. The van der Waals surface area contributed by atoms with Gasteiger partial charge in [0.25, 0.3) is 0 Å². The smallest absolute Gasteiger partial charge is 0.228 e. The Kier molecular flexibility index (Phi) is 8.82. The van der Waals surface area contributed by atoms with Gasteiger partial charge in [-0.25, -0.2) is 8.42 Å². The van der Waals surface area contributed by atoms with E-state index in [0.717, 1.165) is 19.3 Å². The van der Waals surface area contributed by atoms with Gasteiger partial charge in [-0.3, -0.25) is 4.79 Å². The standard InChI is InChI=1S/C13H22Cl3N3O3S2/c1-2-3-4-5-10(20)18-11(13(14,15)16)19-12(23)17-9-6-7-24(21,22)8-9/h9,11H,2-8H2,1H3,(H,18,20)(H2,17,19,23)/t9-,11-/m0/s1. The molecule has 1 aliphatic heterocycles. The lowest BCUT2D eigenvalue weighted by molar-refractivity contribution is -0.122. The van der Waals surface area contributed by atoms with Crippen molar-refractivity contribution in [1.29, 1.82) is 0 Å². The number of sulfone groups is 1. The van der Waals surface area contributed by atoms with Gasteiger partial charge in [0.15, 0.2) is 14.9 Å². The lowest BCUT2D eigenvalue weighted by Crippen LogP contribution is -2.58. The molecule has 1 aliphatic rings. The first-order valence-corrected chi connectivity index (χ1v) is 11.0. The van der Waals surface area contributed by atoms with E-state index in [-0.39, 0.29) is 28.6 Å². The van der Waals surface area contributed by atoms with E-state index in [4.69, 9.17) is 47.0 Å². The summed E-state index contributed by atoms with van der Waals surface area (Å²) >= 11 is 22.8. The van der Waals surface area contributed by atoms with Gasteiger partial charge in [-0.1, -0.05) is 54.6 Å². The molecule has 11 heteroatoms. The lowest BCUT2D eigenvalue weighted by atomic mass is 10.2. The van der Waals surface area contributed by atoms with Gasteiger partial charge in [-0.15, -0.1) is 0 Å². The molecule has 2 atom stereocenters. The first-order valence-electron chi connectivity index (χ1n) is 7.67. The van der Waals surface area contributed by atoms with Gasteiger partial charge in [0.05, 0.1) is 11.5 Å². The lowest BCUT2D eigenvalue weighted by Gasteiger charge is -2.28. The van der Waals surface area contributed by atoms with Crippen molar-refractivity contribution in [3.8, 4) is 0 Å². The Morgan fingerprint density at radius 3 is 2.46 bits per heavy atom. The Morgan fingerprint density at radius 2 is 1.96 bits per heavy atom. The van der Waals surface area contributed by atoms with Crippen molar-refractivity contribution in [3.05, 3.63) is 0 Å². The molecule has 0 aliphatic carbocycles. The summed E-state index contributed by atoms with van der Waals surface area (Å²) in [6.45, 7) is 2.04. The molecule has 0 radical (unpaired) electrons. The molecule has 0 spiro atoms. The summed E-state index contributed by atoms with van der Waals surface area (Å²) in [6.07, 6.45) is 2.46. The van der Waals surface area contributed by atoms with Crippen LogP contribution in [-0.2, 0) is 14.6 Å². The van der Waals surface area contributed by atoms with Crippen LogP contribution in [0.5, 0.6) is 0 Å². The minimum absolute atomic E-state index is 0.0105. The third kappa shape index (κ3) is 8.38. The van der Waals surface area contributed by atoms with E-state index in [2.05, 4.69) is 16.0 Å². The highest BCUT2D eigenvalue weighted by Crippen LogP contribution is 2.29. The highest BCUT2D eigenvalue weighted by atomic mass is 35.6. The van der Waals surface area contributed by atoms with Crippen LogP contribution in [0.1, 0.15) is 39.0 Å². The molecule has 24 heavy (non-hydrogen) atoms. The maximum absolute atomic E-state index is 11.9. The number of unbranched alkanes of at least 4 members (excludes halogenated alkanes) is 2. The molecule has 0 bridgehead atoms. The minimum atomic E-state index is -3.03. The van der Waals surface area contributed by atoms with E-state index in [1.54, 1.807) is 0 Å². The molecule has 0 aromatic carbocycles. The Morgan fingerprint density at radius 1 is 1.29 bits per heavy atom. The predicted octanol–water partition coefficient (Wildman–Crippen LogP) is 2.03. The van der Waals surface area contributed by atoms with Gasteiger partial charge in [0.1, 0.15) is 6.17 Å². The summed E-state index contributed by atoms with van der Waals surface area (Å²) in [5.74, 6) is -0.120. The highest BCUT2D eigenvalue weighted by molar-refractivity contribution is 7.91. The second-order valence-corrected chi connectivity index (χ2v) is 10.7. The molecule has 1 amide bonds. The van der Waals surface area contributed by atoms with Crippen molar-refractivity contribution in [2.24, 2.45) is 0 Å². The van der Waals surface area contributed by atoms with Crippen LogP contribution in [0.3, 0.4) is 0 Å². The Balaban J connectivity index is 2.53. The summed E-state index contributed by atoms with van der Waals surface area (Å²) in [5.41, 5.74) is 0. The minimum Gasteiger partial charge on any atom is -0.359 e. The normalized spacial score (nSPS) is 21.1. The largest absolute Gasteiger partial charge is 0.359 e. The highest BCUT2D eigenvalue weighted by Gasteiger charge is 2.35. The van der Waals surface area contributed by atoms with Gasteiger partial charge in [0.2, 0.25) is 9.70 Å². The molecule has 1 fully saturated rings. The number of thiocarbonyl (C=S) groups is 1. The molecular formula is C13H22Cl3N3O3S2. The molecule has 1 rings (SSSR count). The molecule has 1 heterocycles. The fraction of sp³-hybridized carbons (Fsp3) is 0.846. The second kappa shape index (κ2) is 9.62. The average molecular weight is 439 g/mol. The monoisotopic (exact) mass is 437 g/mol. The van der Waals surface area contributed by atoms with E-state index < -0.39 is 19.8 Å². The number of halogens is 3. The molecule has 0 aromatic rings. The van der Waals surface area contributed by atoms with Crippen LogP contribution in [0.2, 0.25) is 0 Å². The number of carbonyl (C=O) groups excluding carboxylic acids is 1. The number of nitrogens with one attached hydrogen (secondary N) is 3. The van der Waals surface area contributed by atoms with E-state index >= 15 is 0 Å². The van der Waals surface area contributed by atoms with Crippen molar-refractivity contribution in [2.45, 2.75) is 55.0 Å². The van der Waals surface area contributed by atoms with Crippen LogP contribution in [0.15, 0.2) is 0 Å². The Labute approximate surface area is 163 Å². The Bertz CT molecular complexity index is 552. The number of amides is 1. The van der Waals surface area contributed by atoms with E-state index in [0.29, 0.717) is 12.8 Å². The van der Waals surface area contributed by atoms with Crippen molar-refractivity contribution >= 4 is 67.9 Å². The molecule has 140 valence electrons. The molecule has 6 nitrogen and oxygen atoms in total. The van der Waals surface area contributed by atoms with Crippen LogP contribution in [-0.4, -0.2) is 46.9 Å². The first kappa shape index (κ1) is 22.0. The summed E-state index contributed by atoms with van der Waals surface area (Å²) in [5, 5.41) is 8.33. The van der Waals surface area contributed by atoms with E-state index in [1.807, 2.05) is 6.92 Å². The zero-order valence-corrected chi connectivity index (χ0v) is 17.2. The average Bonchev–Trinajstić information content (AvgIpc) is 2.76. The van der Waals surface area contributed by atoms with Crippen molar-refractivity contribution in [1.82, 2.24) is 16.0 Å². The van der Waals surface area contributed by atoms with Crippen molar-refractivity contribution < 1.29 is 13.2 Å². The zero-order valence-electron chi connectivity index (χ0n) is 13.3. The number of alkyl halides is 3. The third-order valence-corrected chi connectivity index (χ3v) is 6.14. The van der Waals surface area contributed by atoms with Crippen molar-refractivity contribution in [3.63, 3.8) is 0 Å². The maximum Gasteiger partial charge on any atom is 0.228 e. The quantitative estimate of drug-likeness (QED) is 0.244. The number of hydrogen-bond acceptors (Lipinski definition) is 4. The van der Waals surface area contributed by atoms with Crippen LogP contribution in [0, 0.1) is 0 Å². The summed E-state index contributed by atoms with van der Waals surface area (Å²) < 4.78 is 21.1. The number of rotatable bonds is 7. The summed E-state index contributed by atoms with van der Waals surface area (Å²) in [6, 6.07) is -0.286. The molecule has 3 N–H and O–H groups in total. The predicted molar refractivity (Wildman–Crippen MR) is 102 cm³/mol. The van der Waals surface area contributed by atoms with Gasteiger partial charge in [-0.05, 0) is 25.1 Å². The molecular weight excluding hydrogens is 417 g/mol. The topological polar surface area (TPSA) is 87.3 Å². The van der Waals surface area contributed by atoms with E-state index in [1.165, 1.54) is 0 Å². The van der Waals surface area contributed by atoms with Gasteiger partial charge in [0, 0.05) is 12.5 Å². The maximum atomic E-state index is 11.9. The van der Waals surface area contributed by atoms with Gasteiger partial charge >= 0.3 is 0 Å². The van der Waals surface area contributed by atoms with Gasteiger partial charge in [-0.2, -0.15) is 0 Å². The van der Waals surface area contributed by atoms with Crippen LogP contribution >= 0.6 is 47.0 Å². The van der Waals surface area contributed by atoms with Crippen LogP contribution in [0.25, 0.3) is 0 Å². The van der Waals surface area contributed by atoms with Crippen LogP contribution in [0.4, 0.5) is 0 Å². The number of hydrogen-bond donors (Lipinski definition) is 3. The fourth-order valence-corrected chi connectivity index (χ4v) is 4.52. The molecule has 0 unspecified atom stereocenters. The molecule has 0 saturated carbocycles. The third-order valence-electron chi connectivity index (χ3n) is 3.48. The van der Waals surface area contributed by atoms with Crippen LogP contribution < -0.4 is 16.0 Å². The summed E-state index contributed by atoms with van der Waals surface area (Å²) in [4.78, 5) is 11.9. The summed E-state index contributed by atoms with van der Waals surface area (Å²) in [7, 11) is -3.03. The van der Waals surface area contributed by atoms with Crippen molar-refractivity contribution in [2.75, 3.05) is 11.5 Å². The number of carbonyl (C=O) groups is 1. The second-order valence-electron chi connectivity index (χ2n) is 5.72. The molecule has 1 saturated heterocycles. The molecule has 0 aromatic heterocycles. The Hall–Kier alpha value is -0.0200. The van der Waals surface area contributed by atoms with E-state index in [9.17, 15) is 13.2 Å². The fourth-order valence-electron chi connectivity index (χ4n) is 2.24. The first-order chi connectivity index (χ1) is 11.0. The van der Waals surface area contributed by atoms with Gasteiger partial charge < -0.3 is 16.0 Å². The SMILES string of the molecule is CCCCCC(=O)N[C@@H](NC(=S)N[C@H]1CCS(=O)(=O)C1)C(Cl)(Cl)Cl.